The van der Waals surface area contributed by atoms with E-state index in [1.807, 2.05) is 12.3 Å². The summed E-state index contributed by atoms with van der Waals surface area (Å²) in [6, 6.07) is 4.76. The number of benzene rings is 1. The minimum absolute atomic E-state index is 0.0238. The number of phenols is 1. The average molecular weight is 383 g/mol. The molecule has 0 radical (unpaired) electrons. The Morgan fingerprint density at radius 1 is 1.37 bits per heavy atom. The highest BCUT2D eigenvalue weighted by atomic mass is 32.1. The highest BCUT2D eigenvalue weighted by Crippen LogP contribution is 2.29. The molecule has 138 valence electrons. The van der Waals surface area contributed by atoms with Gasteiger partial charge in [0.05, 0.1) is 12.8 Å². The van der Waals surface area contributed by atoms with Crippen LogP contribution in [0.3, 0.4) is 0 Å². The Hall–Kier alpha value is -3.39. The van der Waals surface area contributed by atoms with Crippen molar-refractivity contribution < 1.29 is 19.4 Å². The minimum atomic E-state index is -0.372. The summed E-state index contributed by atoms with van der Waals surface area (Å²) in [5, 5.41) is 14.2. The van der Waals surface area contributed by atoms with Crippen LogP contribution in [0, 0.1) is 6.92 Å². The van der Waals surface area contributed by atoms with Crippen LogP contribution in [0.25, 0.3) is 6.08 Å². The van der Waals surface area contributed by atoms with Crippen molar-refractivity contribution in [3.8, 4) is 11.5 Å². The fraction of sp³-hybridized carbons (Fsp3) is 0.105. The van der Waals surface area contributed by atoms with Crippen molar-refractivity contribution in [2.75, 3.05) is 12.4 Å². The van der Waals surface area contributed by atoms with E-state index in [0.29, 0.717) is 21.9 Å². The number of hydrogen-bond acceptors (Lipinski definition) is 6. The fourth-order valence-electron chi connectivity index (χ4n) is 2.39. The lowest BCUT2D eigenvalue weighted by molar-refractivity contribution is -0.111. The molecule has 1 aromatic carbocycles. The topological polar surface area (TPSA) is 93.5 Å². The number of aromatic nitrogens is 2. The molecule has 0 spiro atoms. The first-order chi connectivity index (χ1) is 13.0. The second-order valence-corrected chi connectivity index (χ2v) is 6.53. The Morgan fingerprint density at radius 3 is 2.89 bits per heavy atom. The van der Waals surface area contributed by atoms with Gasteiger partial charge in [-0.2, -0.15) is 0 Å². The van der Waals surface area contributed by atoms with Crippen LogP contribution in [-0.2, 0) is 4.79 Å². The molecule has 27 heavy (non-hydrogen) atoms. The lowest BCUT2D eigenvalue weighted by atomic mass is 10.2. The van der Waals surface area contributed by atoms with Gasteiger partial charge in [-0.05, 0) is 41.6 Å². The van der Waals surface area contributed by atoms with Crippen molar-refractivity contribution in [1.29, 1.82) is 0 Å². The number of rotatable bonds is 5. The van der Waals surface area contributed by atoms with E-state index in [2.05, 4.69) is 10.3 Å². The molecule has 2 N–H and O–H groups in total. The highest BCUT2D eigenvalue weighted by molar-refractivity contribution is 7.13. The Morgan fingerprint density at radius 2 is 2.19 bits per heavy atom. The summed E-state index contributed by atoms with van der Waals surface area (Å²) in [6.45, 7) is 1.82. The second kappa shape index (κ2) is 7.88. The summed E-state index contributed by atoms with van der Waals surface area (Å²) in [5.74, 6) is -0.286. The maximum absolute atomic E-state index is 12.5. The number of imidazole rings is 1. The van der Waals surface area contributed by atoms with Gasteiger partial charge in [-0.1, -0.05) is 6.07 Å². The number of carbonyl (C=O) groups excluding carboxylic acids is 2. The first-order valence-corrected chi connectivity index (χ1v) is 8.84. The van der Waals surface area contributed by atoms with E-state index in [1.54, 1.807) is 24.4 Å². The maximum atomic E-state index is 12.5. The molecular formula is C19H17N3O4S. The number of phenolic OH excluding ortho intramolecular Hbond substituents is 1. The number of ether oxygens (including phenoxy) is 1. The SMILES string of the molecule is COc1cc(/C=C/C(=O)Nc2c(C)csc2C(=O)n2ccnc2)ccc1O. The van der Waals surface area contributed by atoms with E-state index < -0.39 is 0 Å². The fourth-order valence-corrected chi connectivity index (χ4v) is 3.34. The van der Waals surface area contributed by atoms with Crippen molar-refractivity contribution in [2.24, 2.45) is 0 Å². The van der Waals surface area contributed by atoms with Gasteiger partial charge in [0.15, 0.2) is 11.5 Å². The molecule has 2 aromatic heterocycles. The number of aryl methyl sites for hydroxylation is 1. The van der Waals surface area contributed by atoms with E-state index >= 15 is 0 Å². The number of anilines is 1. The first kappa shape index (κ1) is 18.4. The molecule has 3 aromatic rings. The average Bonchev–Trinajstić information content (AvgIpc) is 3.31. The molecule has 1 amide bonds. The van der Waals surface area contributed by atoms with Gasteiger partial charge in [0, 0.05) is 18.5 Å². The molecule has 0 aliphatic rings. The summed E-state index contributed by atoms with van der Waals surface area (Å²) in [6.07, 6.45) is 7.44. The number of nitrogens with zero attached hydrogens (tertiary/aromatic N) is 2. The zero-order valence-electron chi connectivity index (χ0n) is 14.7. The lowest BCUT2D eigenvalue weighted by Crippen LogP contribution is -2.14. The predicted octanol–water partition coefficient (Wildman–Crippen LogP) is 3.31. The third-order valence-electron chi connectivity index (χ3n) is 3.79. The van der Waals surface area contributed by atoms with Crippen molar-refractivity contribution in [1.82, 2.24) is 9.55 Å². The van der Waals surface area contributed by atoms with Gasteiger partial charge in [-0.3, -0.25) is 14.2 Å². The van der Waals surface area contributed by atoms with Crippen molar-refractivity contribution in [3.05, 3.63) is 64.4 Å². The van der Waals surface area contributed by atoms with E-state index in [4.69, 9.17) is 4.74 Å². The number of hydrogen-bond donors (Lipinski definition) is 2. The molecule has 0 fully saturated rings. The van der Waals surface area contributed by atoms with Gasteiger partial charge < -0.3 is 15.2 Å². The maximum Gasteiger partial charge on any atom is 0.275 e. The Bertz CT molecular complexity index is 1010. The molecule has 0 aliphatic heterocycles. The molecule has 0 atom stereocenters. The van der Waals surface area contributed by atoms with Gasteiger partial charge in [-0.25, -0.2) is 4.98 Å². The number of carbonyl (C=O) groups is 2. The molecular weight excluding hydrogens is 366 g/mol. The largest absolute Gasteiger partial charge is 0.504 e. The number of thiophene rings is 1. The third kappa shape index (κ3) is 4.06. The first-order valence-electron chi connectivity index (χ1n) is 7.96. The number of methoxy groups -OCH3 is 1. The van der Waals surface area contributed by atoms with Crippen LogP contribution in [0.5, 0.6) is 11.5 Å². The van der Waals surface area contributed by atoms with Crippen molar-refractivity contribution in [2.45, 2.75) is 6.92 Å². The third-order valence-corrected chi connectivity index (χ3v) is 4.87. The summed E-state index contributed by atoms with van der Waals surface area (Å²) in [7, 11) is 1.45. The molecule has 8 heteroatoms. The summed E-state index contributed by atoms with van der Waals surface area (Å²) >= 11 is 1.26. The normalized spacial score (nSPS) is 10.9. The predicted molar refractivity (Wildman–Crippen MR) is 103 cm³/mol. The van der Waals surface area contributed by atoms with Gasteiger partial charge in [0.25, 0.3) is 5.91 Å². The van der Waals surface area contributed by atoms with Crippen LogP contribution in [0.2, 0.25) is 0 Å². The van der Waals surface area contributed by atoms with Gasteiger partial charge >= 0.3 is 0 Å². The van der Waals surface area contributed by atoms with Crippen LogP contribution in [0.4, 0.5) is 5.69 Å². The van der Waals surface area contributed by atoms with Gasteiger partial charge in [-0.15, -0.1) is 11.3 Å². The molecule has 0 bridgehead atoms. The minimum Gasteiger partial charge on any atom is -0.504 e. The summed E-state index contributed by atoms with van der Waals surface area (Å²) < 4.78 is 6.40. The second-order valence-electron chi connectivity index (χ2n) is 5.65. The molecule has 0 saturated carbocycles. The van der Waals surface area contributed by atoms with Crippen LogP contribution in [0.15, 0.2) is 48.4 Å². The smallest absolute Gasteiger partial charge is 0.275 e. The van der Waals surface area contributed by atoms with Crippen molar-refractivity contribution in [3.63, 3.8) is 0 Å². The number of aromatic hydroxyl groups is 1. The standard InChI is InChI=1S/C19H17N3O4S/c1-12-10-27-18(19(25)22-8-7-20-11-22)17(12)21-16(24)6-4-13-3-5-14(23)15(9-13)26-2/h3-11,23H,1-2H3,(H,21,24)/b6-4+. The molecule has 0 unspecified atom stereocenters. The van der Waals surface area contributed by atoms with Crippen LogP contribution in [-0.4, -0.2) is 33.6 Å². The van der Waals surface area contributed by atoms with E-state index in [1.165, 1.54) is 47.7 Å². The molecule has 2 heterocycles. The van der Waals surface area contributed by atoms with E-state index in [9.17, 15) is 14.7 Å². The molecule has 0 aliphatic carbocycles. The van der Waals surface area contributed by atoms with E-state index in [-0.39, 0.29) is 17.6 Å². The highest BCUT2D eigenvalue weighted by Gasteiger charge is 2.18. The zero-order chi connectivity index (χ0) is 19.4. The van der Waals surface area contributed by atoms with Crippen LogP contribution >= 0.6 is 11.3 Å². The van der Waals surface area contributed by atoms with Crippen molar-refractivity contribution >= 4 is 34.9 Å². The quantitative estimate of drug-likeness (QED) is 0.660. The Kier molecular flexibility index (Phi) is 5.37. The zero-order valence-corrected chi connectivity index (χ0v) is 15.5. The lowest BCUT2D eigenvalue weighted by Gasteiger charge is -2.06. The van der Waals surface area contributed by atoms with Gasteiger partial charge in [0.1, 0.15) is 11.2 Å². The Labute approximate surface area is 159 Å². The molecule has 3 rings (SSSR count). The van der Waals surface area contributed by atoms with Gasteiger partial charge in [0.2, 0.25) is 5.91 Å². The summed E-state index contributed by atoms with van der Waals surface area (Å²) in [5.41, 5.74) is 1.98. The number of nitrogens with one attached hydrogen (secondary N) is 1. The van der Waals surface area contributed by atoms with Crippen LogP contribution in [0.1, 0.15) is 20.8 Å². The molecule has 7 nitrogen and oxygen atoms in total. The van der Waals surface area contributed by atoms with Crippen LogP contribution < -0.4 is 10.1 Å². The molecule has 0 saturated heterocycles. The Balaban J connectivity index is 1.77. The monoisotopic (exact) mass is 383 g/mol. The number of amides is 1. The van der Waals surface area contributed by atoms with E-state index in [0.717, 1.165) is 5.56 Å². The summed E-state index contributed by atoms with van der Waals surface area (Å²) in [4.78, 5) is 29.1.